The van der Waals surface area contributed by atoms with Gasteiger partial charge in [-0.15, -0.1) is 0 Å². The zero-order valence-electron chi connectivity index (χ0n) is 18.2. The number of rotatable bonds is 3. The predicted molar refractivity (Wildman–Crippen MR) is 131 cm³/mol. The molecule has 0 N–H and O–H groups in total. The molecule has 0 heteroatoms. The highest BCUT2D eigenvalue weighted by Gasteiger charge is 2.31. The first-order valence-corrected chi connectivity index (χ1v) is 11.4. The Morgan fingerprint density at radius 1 is 0.677 bits per heavy atom. The van der Waals surface area contributed by atoms with E-state index in [1.54, 1.807) is 0 Å². The Morgan fingerprint density at radius 2 is 1.35 bits per heavy atom. The van der Waals surface area contributed by atoms with E-state index < -0.39 is 0 Å². The van der Waals surface area contributed by atoms with Gasteiger partial charge in [0.25, 0.3) is 0 Å². The third-order valence-corrected chi connectivity index (χ3v) is 7.19. The average Bonchev–Trinajstić information content (AvgIpc) is 3.37. The zero-order chi connectivity index (χ0) is 20.9. The van der Waals surface area contributed by atoms with Crippen LogP contribution in [-0.2, 0) is 6.42 Å². The van der Waals surface area contributed by atoms with Crippen LogP contribution in [-0.4, -0.2) is 0 Å². The molecular formula is C31H26. The van der Waals surface area contributed by atoms with Crippen LogP contribution in [0.15, 0.2) is 90.5 Å². The molecule has 4 aromatic carbocycles. The van der Waals surface area contributed by atoms with Gasteiger partial charge in [0, 0.05) is 5.92 Å². The number of hydrogen-bond donors (Lipinski definition) is 0. The summed E-state index contributed by atoms with van der Waals surface area (Å²) in [6.07, 6.45) is 4.59. The van der Waals surface area contributed by atoms with Crippen LogP contribution < -0.4 is 0 Å². The Kier molecular flexibility index (Phi) is 4.21. The highest BCUT2D eigenvalue weighted by Crippen LogP contribution is 2.49. The van der Waals surface area contributed by atoms with Crippen molar-refractivity contribution in [2.24, 2.45) is 0 Å². The summed E-state index contributed by atoms with van der Waals surface area (Å²) in [4.78, 5) is 0. The van der Waals surface area contributed by atoms with Crippen LogP contribution in [0.3, 0.4) is 0 Å². The fraction of sp³-hybridized carbons (Fsp3) is 0.161. The van der Waals surface area contributed by atoms with Crippen molar-refractivity contribution < 1.29 is 0 Å². The molecule has 0 radical (unpaired) electrons. The van der Waals surface area contributed by atoms with E-state index in [0.29, 0.717) is 5.92 Å². The summed E-state index contributed by atoms with van der Waals surface area (Å²) >= 11 is 0. The van der Waals surface area contributed by atoms with Crippen molar-refractivity contribution in [2.75, 3.05) is 0 Å². The molecule has 0 saturated carbocycles. The Morgan fingerprint density at radius 3 is 2.16 bits per heavy atom. The summed E-state index contributed by atoms with van der Waals surface area (Å²) in [7, 11) is 0. The molecule has 0 aliphatic heterocycles. The molecule has 2 aliphatic carbocycles. The number of fused-ring (bicyclic) bond motifs is 4. The zero-order valence-corrected chi connectivity index (χ0v) is 18.2. The first-order valence-electron chi connectivity index (χ1n) is 11.4. The maximum absolute atomic E-state index is 2.48. The number of hydrogen-bond acceptors (Lipinski definition) is 0. The molecular weight excluding hydrogens is 372 g/mol. The van der Waals surface area contributed by atoms with Gasteiger partial charge < -0.3 is 0 Å². The van der Waals surface area contributed by atoms with Crippen LogP contribution in [0.4, 0.5) is 0 Å². The number of aryl methyl sites for hydroxylation is 1. The van der Waals surface area contributed by atoms with Crippen molar-refractivity contribution in [1.29, 1.82) is 0 Å². The Labute approximate surface area is 184 Å². The summed E-state index contributed by atoms with van der Waals surface area (Å²) in [5.74, 6) is 0.355. The first-order chi connectivity index (χ1) is 15.3. The molecule has 0 bridgehead atoms. The Balaban J connectivity index is 1.54. The minimum atomic E-state index is 0.355. The summed E-state index contributed by atoms with van der Waals surface area (Å²) < 4.78 is 0. The van der Waals surface area contributed by atoms with Crippen molar-refractivity contribution in [1.82, 2.24) is 0 Å². The van der Waals surface area contributed by atoms with Crippen molar-refractivity contribution in [3.05, 3.63) is 124 Å². The predicted octanol–water partition coefficient (Wildman–Crippen LogP) is 8.17. The van der Waals surface area contributed by atoms with Gasteiger partial charge in [0.1, 0.15) is 0 Å². The lowest BCUT2D eigenvalue weighted by molar-refractivity contribution is 0.895. The second kappa shape index (κ2) is 7.10. The highest BCUT2D eigenvalue weighted by molar-refractivity contribution is 5.85. The van der Waals surface area contributed by atoms with E-state index in [9.17, 15) is 0 Å². The quantitative estimate of drug-likeness (QED) is 0.287. The van der Waals surface area contributed by atoms with Crippen LogP contribution in [0.5, 0.6) is 0 Å². The molecule has 1 unspecified atom stereocenters. The average molecular weight is 399 g/mol. The number of allylic oxidation sites excluding steroid dienone is 1. The monoisotopic (exact) mass is 398 g/mol. The van der Waals surface area contributed by atoms with E-state index in [1.165, 1.54) is 61.2 Å². The SMILES string of the molecule is CCC1=Cc2c(-c3ccccc3C)cccc2C1c1cccc2c1Cc1ccccc1-2. The van der Waals surface area contributed by atoms with Crippen LogP contribution in [0.25, 0.3) is 28.3 Å². The van der Waals surface area contributed by atoms with Crippen LogP contribution in [0, 0.1) is 6.92 Å². The summed E-state index contributed by atoms with van der Waals surface area (Å²) in [6, 6.07) is 31.5. The topological polar surface area (TPSA) is 0 Å². The number of benzene rings is 4. The maximum atomic E-state index is 2.48. The van der Waals surface area contributed by atoms with Gasteiger partial charge in [-0.2, -0.15) is 0 Å². The molecule has 6 rings (SSSR count). The first kappa shape index (κ1) is 18.4. The van der Waals surface area contributed by atoms with Crippen molar-refractivity contribution in [3.8, 4) is 22.3 Å². The fourth-order valence-electron chi connectivity index (χ4n) is 5.70. The highest BCUT2D eigenvalue weighted by atomic mass is 14.3. The van der Waals surface area contributed by atoms with E-state index in [1.807, 2.05) is 0 Å². The van der Waals surface area contributed by atoms with Crippen LogP contribution in [0.2, 0.25) is 0 Å². The molecule has 2 aliphatic rings. The maximum Gasteiger partial charge on any atom is 0.0311 e. The molecule has 0 amide bonds. The van der Waals surface area contributed by atoms with Gasteiger partial charge >= 0.3 is 0 Å². The van der Waals surface area contributed by atoms with E-state index in [0.717, 1.165) is 12.8 Å². The minimum absolute atomic E-state index is 0.355. The Bertz CT molecular complexity index is 1350. The molecule has 31 heavy (non-hydrogen) atoms. The largest absolute Gasteiger partial charge is 0.0620 e. The van der Waals surface area contributed by atoms with E-state index >= 15 is 0 Å². The molecule has 1 atom stereocenters. The molecule has 0 saturated heterocycles. The summed E-state index contributed by atoms with van der Waals surface area (Å²) in [6.45, 7) is 4.52. The van der Waals surface area contributed by atoms with Gasteiger partial charge in [-0.1, -0.05) is 104 Å². The van der Waals surface area contributed by atoms with Gasteiger partial charge in [-0.25, -0.2) is 0 Å². The molecule has 0 aromatic heterocycles. The third-order valence-electron chi connectivity index (χ3n) is 7.19. The van der Waals surface area contributed by atoms with Gasteiger partial charge in [-0.05, 0) is 75.4 Å². The Hall–Kier alpha value is -3.38. The minimum Gasteiger partial charge on any atom is -0.0620 e. The fourth-order valence-corrected chi connectivity index (χ4v) is 5.70. The molecule has 4 aromatic rings. The molecule has 150 valence electrons. The second-order valence-corrected chi connectivity index (χ2v) is 8.84. The molecule has 0 fully saturated rings. The summed E-state index contributed by atoms with van der Waals surface area (Å²) in [5.41, 5.74) is 15.7. The normalized spacial score (nSPS) is 15.9. The molecule has 0 nitrogen and oxygen atoms in total. The third kappa shape index (κ3) is 2.75. The molecule has 0 heterocycles. The van der Waals surface area contributed by atoms with Crippen molar-refractivity contribution in [2.45, 2.75) is 32.6 Å². The molecule has 0 spiro atoms. The van der Waals surface area contributed by atoms with Gasteiger partial charge in [0.15, 0.2) is 0 Å². The van der Waals surface area contributed by atoms with Gasteiger partial charge in [0.2, 0.25) is 0 Å². The summed E-state index contributed by atoms with van der Waals surface area (Å²) in [5, 5.41) is 0. The van der Waals surface area contributed by atoms with Crippen LogP contribution >= 0.6 is 0 Å². The standard InChI is InChI=1S/C31H26/c1-3-21-18-29-25(23-12-6-4-10-20(23)2)14-8-16-27(29)31(21)28-17-9-15-26-24-13-7-5-11-22(24)19-30(26)28/h4-18,31H,3,19H2,1-2H3. The van der Waals surface area contributed by atoms with Crippen LogP contribution in [0.1, 0.15) is 52.6 Å². The second-order valence-electron chi connectivity index (χ2n) is 8.84. The lowest BCUT2D eigenvalue weighted by Crippen LogP contribution is -2.05. The van der Waals surface area contributed by atoms with E-state index in [4.69, 9.17) is 0 Å². The van der Waals surface area contributed by atoms with Gasteiger partial charge in [-0.3, -0.25) is 0 Å². The van der Waals surface area contributed by atoms with Crippen molar-refractivity contribution >= 4 is 6.08 Å². The van der Waals surface area contributed by atoms with E-state index in [-0.39, 0.29) is 0 Å². The lowest BCUT2D eigenvalue weighted by atomic mass is 9.82. The lowest BCUT2D eigenvalue weighted by Gasteiger charge is -2.21. The van der Waals surface area contributed by atoms with Gasteiger partial charge in [0.05, 0.1) is 0 Å². The van der Waals surface area contributed by atoms with E-state index in [2.05, 4.69) is 105 Å². The smallest absolute Gasteiger partial charge is 0.0311 e. The van der Waals surface area contributed by atoms with Crippen molar-refractivity contribution in [3.63, 3.8) is 0 Å².